The number of para-hydroxylation sites is 2. The molecule has 0 radical (unpaired) electrons. The molecule has 0 bridgehead atoms. The molecule has 1 aliphatic heterocycles. The van der Waals surface area contributed by atoms with Gasteiger partial charge in [0.2, 0.25) is 5.91 Å². The van der Waals surface area contributed by atoms with Gasteiger partial charge in [-0.15, -0.1) is 0 Å². The number of rotatable bonds is 6. The lowest BCUT2D eigenvalue weighted by Crippen LogP contribution is -2.37. The average molecular weight is 406 g/mol. The first-order valence-electron chi connectivity index (χ1n) is 9.53. The van der Waals surface area contributed by atoms with Crippen molar-refractivity contribution >= 4 is 17.5 Å². The summed E-state index contributed by atoms with van der Waals surface area (Å²) in [4.78, 5) is 26.8. The highest BCUT2D eigenvalue weighted by Gasteiger charge is 2.33. The van der Waals surface area contributed by atoms with Crippen LogP contribution in [0.5, 0.6) is 11.5 Å². The molecule has 2 aromatic carbocycles. The van der Waals surface area contributed by atoms with Crippen molar-refractivity contribution in [1.82, 2.24) is 15.5 Å². The van der Waals surface area contributed by atoms with Crippen LogP contribution in [0.2, 0.25) is 0 Å². The van der Waals surface area contributed by atoms with Crippen molar-refractivity contribution in [3.05, 3.63) is 60.3 Å². The standard InChI is InChI=1S/C22H22N4O4/c1-29-16-7-5-6-14(10-16)17-12-18(25-24-17)22(28)23-15-11-21(27)26(13-15)19-8-3-4-9-20(19)30-2/h3-10,12,15H,11,13H2,1-2H3,(H,23,28)(H,24,25). The molecule has 3 aromatic rings. The third kappa shape index (κ3) is 3.84. The lowest BCUT2D eigenvalue weighted by molar-refractivity contribution is -0.117. The maximum Gasteiger partial charge on any atom is 0.269 e. The molecule has 2 heterocycles. The molecule has 1 aromatic heterocycles. The molecule has 1 atom stereocenters. The molecule has 1 unspecified atom stereocenters. The van der Waals surface area contributed by atoms with E-state index in [9.17, 15) is 9.59 Å². The second-order valence-corrected chi connectivity index (χ2v) is 6.95. The lowest BCUT2D eigenvalue weighted by atomic mass is 10.1. The first-order chi connectivity index (χ1) is 14.6. The number of benzene rings is 2. The van der Waals surface area contributed by atoms with Gasteiger partial charge in [-0.2, -0.15) is 5.10 Å². The Hall–Kier alpha value is -3.81. The van der Waals surface area contributed by atoms with Crippen molar-refractivity contribution in [1.29, 1.82) is 0 Å². The van der Waals surface area contributed by atoms with Crippen LogP contribution >= 0.6 is 0 Å². The molecule has 30 heavy (non-hydrogen) atoms. The highest BCUT2D eigenvalue weighted by molar-refractivity contribution is 5.99. The van der Waals surface area contributed by atoms with Gasteiger partial charge in [-0.1, -0.05) is 24.3 Å². The van der Waals surface area contributed by atoms with Gasteiger partial charge in [0.05, 0.1) is 31.6 Å². The first kappa shape index (κ1) is 19.5. The topological polar surface area (TPSA) is 96.5 Å². The zero-order valence-corrected chi connectivity index (χ0v) is 16.7. The van der Waals surface area contributed by atoms with E-state index in [2.05, 4.69) is 15.5 Å². The number of anilines is 1. The average Bonchev–Trinajstić information content (AvgIpc) is 3.41. The Morgan fingerprint density at radius 2 is 1.97 bits per heavy atom. The Morgan fingerprint density at radius 3 is 2.77 bits per heavy atom. The van der Waals surface area contributed by atoms with Gasteiger partial charge in [-0.3, -0.25) is 14.7 Å². The van der Waals surface area contributed by atoms with E-state index in [1.807, 2.05) is 42.5 Å². The monoisotopic (exact) mass is 406 g/mol. The number of carbonyl (C=O) groups is 2. The highest BCUT2D eigenvalue weighted by atomic mass is 16.5. The summed E-state index contributed by atoms with van der Waals surface area (Å²) in [5, 5.41) is 9.90. The van der Waals surface area contributed by atoms with Crippen LogP contribution in [-0.2, 0) is 4.79 Å². The summed E-state index contributed by atoms with van der Waals surface area (Å²) in [7, 11) is 3.16. The van der Waals surface area contributed by atoms with Gasteiger partial charge >= 0.3 is 0 Å². The quantitative estimate of drug-likeness (QED) is 0.656. The van der Waals surface area contributed by atoms with Crippen LogP contribution < -0.4 is 19.7 Å². The zero-order chi connectivity index (χ0) is 21.1. The fourth-order valence-corrected chi connectivity index (χ4v) is 3.52. The summed E-state index contributed by atoms with van der Waals surface area (Å²) in [6, 6.07) is 16.1. The number of H-pyrrole nitrogens is 1. The molecule has 8 heteroatoms. The second kappa shape index (κ2) is 8.28. The summed E-state index contributed by atoms with van der Waals surface area (Å²) >= 11 is 0. The van der Waals surface area contributed by atoms with Gasteiger partial charge in [-0.25, -0.2) is 0 Å². The molecule has 1 saturated heterocycles. The molecule has 0 aliphatic carbocycles. The lowest BCUT2D eigenvalue weighted by Gasteiger charge is -2.19. The fourth-order valence-electron chi connectivity index (χ4n) is 3.52. The Bertz CT molecular complexity index is 1080. The number of methoxy groups -OCH3 is 2. The summed E-state index contributed by atoms with van der Waals surface area (Å²) in [5.41, 5.74) is 2.50. The van der Waals surface area contributed by atoms with E-state index in [0.29, 0.717) is 35.1 Å². The minimum absolute atomic E-state index is 0.0634. The maximum atomic E-state index is 12.7. The van der Waals surface area contributed by atoms with Crippen LogP contribution in [0.25, 0.3) is 11.3 Å². The normalized spacial score (nSPS) is 15.9. The van der Waals surface area contributed by atoms with E-state index in [1.54, 1.807) is 31.3 Å². The second-order valence-electron chi connectivity index (χ2n) is 6.95. The largest absolute Gasteiger partial charge is 0.497 e. The minimum Gasteiger partial charge on any atom is -0.497 e. The molecule has 0 saturated carbocycles. The van der Waals surface area contributed by atoms with Crippen LogP contribution in [0.15, 0.2) is 54.6 Å². The number of carbonyl (C=O) groups excluding carboxylic acids is 2. The first-order valence-corrected chi connectivity index (χ1v) is 9.53. The molecule has 1 aliphatic rings. The molecule has 4 rings (SSSR count). The number of nitrogens with zero attached hydrogens (tertiary/aromatic N) is 2. The molecular weight excluding hydrogens is 384 g/mol. The van der Waals surface area contributed by atoms with Gasteiger partial charge in [0.1, 0.15) is 17.2 Å². The van der Waals surface area contributed by atoms with Crippen LogP contribution in [0, 0.1) is 0 Å². The Kier molecular flexibility index (Phi) is 5.38. The number of aromatic nitrogens is 2. The van der Waals surface area contributed by atoms with Gasteiger partial charge in [-0.05, 0) is 30.3 Å². The predicted molar refractivity (Wildman–Crippen MR) is 112 cm³/mol. The van der Waals surface area contributed by atoms with E-state index in [1.165, 1.54) is 0 Å². The number of amides is 2. The van der Waals surface area contributed by atoms with E-state index in [-0.39, 0.29) is 24.3 Å². The summed E-state index contributed by atoms with van der Waals surface area (Å²) in [6.07, 6.45) is 0.223. The van der Waals surface area contributed by atoms with Crippen LogP contribution in [0.3, 0.4) is 0 Å². The van der Waals surface area contributed by atoms with Gasteiger partial charge in [0, 0.05) is 18.5 Å². The van der Waals surface area contributed by atoms with Crippen molar-refractivity contribution in [2.24, 2.45) is 0 Å². The van der Waals surface area contributed by atoms with Crippen LogP contribution in [-0.4, -0.2) is 48.8 Å². The SMILES string of the molecule is COc1cccc(-c2cc(C(=O)NC3CC(=O)N(c4ccccc4OC)C3)[nH]n2)c1. The fraction of sp³-hybridized carbons (Fsp3) is 0.227. The summed E-state index contributed by atoms with van der Waals surface area (Å²) in [6.45, 7) is 0.377. The van der Waals surface area contributed by atoms with Crippen molar-refractivity contribution in [2.45, 2.75) is 12.5 Å². The number of nitrogens with one attached hydrogen (secondary N) is 2. The van der Waals surface area contributed by atoms with Crippen LogP contribution in [0.1, 0.15) is 16.9 Å². The zero-order valence-electron chi connectivity index (χ0n) is 16.7. The number of hydrogen-bond donors (Lipinski definition) is 2. The summed E-state index contributed by atoms with van der Waals surface area (Å²) < 4.78 is 10.6. The summed E-state index contributed by atoms with van der Waals surface area (Å²) in [5.74, 6) is 0.958. The van der Waals surface area contributed by atoms with Gasteiger partial charge in [0.25, 0.3) is 5.91 Å². The predicted octanol–water partition coefficient (Wildman–Crippen LogP) is 2.63. The number of ether oxygens (including phenoxy) is 2. The van der Waals surface area contributed by atoms with E-state index in [0.717, 1.165) is 5.56 Å². The minimum atomic E-state index is -0.309. The molecule has 154 valence electrons. The Labute approximate surface area is 173 Å². The number of aromatic amines is 1. The van der Waals surface area contributed by atoms with Gasteiger partial charge in [0.15, 0.2) is 0 Å². The Morgan fingerprint density at radius 1 is 1.13 bits per heavy atom. The molecule has 2 amide bonds. The van der Waals surface area contributed by atoms with E-state index in [4.69, 9.17) is 9.47 Å². The molecular formula is C22H22N4O4. The third-order valence-electron chi connectivity index (χ3n) is 5.02. The third-order valence-corrected chi connectivity index (χ3v) is 5.02. The van der Waals surface area contributed by atoms with E-state index >= 15 is 0 Å². The van der Waals surface area contributed by atoms with Crippen molar-refractivity contribution in [2.75, 3.05) is 25.7 Å². The molecule has 2 N–H and O–H groups in total. The molecule has 0 spiro atoms. The highest BCUT2D eigenvalue weighted by Crippen LogP contribution is 2.31. The van der Waals surface area contributed by atoms with Gasteiger partial charge < -0.3 is 19.7 Å². The van der Waals surface area contributed by atoms with E-state index < -0.39 is 0 Å². The molecule has 8 nitrogen and oxygen atoms in total. The Balaban J connectivity index is 1.45. The molecule has 1 fully saturated rings. The van der Waals surface area contributed by atoms with Crippen LogP contribution in [0.4, 0.5) is 5.69 Å². The van der Waals surface area contributed by atoms with Crippen molar-refractivity contribution < 1.29 is 19.1 Å². The number of hydrogen-bond acceptors (Lipinski definition) is 5. The smallest absolute Gasteiger partial charge is 0.269 e. The maximum absolute atomic E-state index is 12.7. The van der Waals surface area contributed by atoms with Crippen molar-refractivity contribution in [3.63, 3.8) is 0 Å². The van der Waals surface area contributed by atoms with Crippen molar-refractivity contribution in [3.8, 4) is 22.8 Å².